The van der Waals surface area contributed by atoms with E-state index in [2.05, 4.69) is 35.5 Å². The maximum absolute atomic E-state index is 5.73. The SMILES string of the molecule is CN=C(NCCCC(C)C)NCc1ccc2c(c1)OCCCO2.I. The van der Waals surface area contributed by atoms with Crippen molar-refractivity contribution in [1.29, 1.82) is 0 Å². The fourth-order valence-corrected chi connectivity index (χ4v) is 2.44. The van der Waals surface area contributed by atoms with Crippen LogP contribution in [0.3, 0.4) is 0 Å². The van der Waals surface area contributed by atoms with E-state index in [0.29, 0.717) is 13.2 Å². The van der Waals surface area contributed by atoms with Gasteiger partial charge in [0.15, 0.2) is 17.5 Å². The average molecular weight is 447 g/mol. The first-order valence-electron chi connectivity index (χ1n) is 8.52. The van der Waals surface area contributed by atoms with Crippen molar-refractivity contribution in [3.63, 3.8) is 0 Å². The summed E-state index contributed by atoms with van der Waals surface area (Å²) in [6.45, 7) is 7.58. The number of aliphatic imine (C=N–C) groups is 1. The smallest absolute Gasteiger partial charge is 0.191 e. The number of hydrogen-bond acceptors (Lipinski definition) is 3. The van der Waals surface area contributed by atoms with Gasteiger partial charge in [0.1, 0.15) is 0 Å². The normalized spacial score (nSPS) is 13.9. The van der Waals surface area contributed by atoms with Gasteiger partial charge in [-0.25, -0.2) is 0 Å². The molecule has 1 heterocycles. The van der Waals surface area contributed by atoms with Gasteiger partial charge in [0.25, 0.3) is 0 Å². The summed E-state index contributed by atoms with van der Waals surface area (Å²) in [4.78, 5) is 4.26. The maximum Gasteiger partial charge on any atom is 0.191 e. The van der Waals surface area contributed by atoms with E-state index in [4.69, 9.17) is 9.47 Å². The minimum absolute atomic E-state index is 0. The molecular weight excluding hydrogens is 417 g/mol. The standard InChI is InChI=1S/C18H29N3O2.HI/c1-14(2)6-4-9-20-18(19-3)21-13-15-7-8-16-17(12-15)23-11-5-10-22-16;/h7-8,12,14H,4-6,9-11,13H2,1-3H3,(H2,19,20,21);1H. The van der Waals surface area contributed by atoms with E-state index < -0.39 is 0 Å². The molecule has 0 bridgehead atoms. The molecule has 0 saturated heterocycles. The Bertz CT molecular complexity index is 521. The number of nitrogens with one attached hydrogen (secondary N) is 2. The molecular formula is C18H30IN3O2. The highest BCUT2D eigenvalue weighted by Crippen LogP contribution is 2.30. The second-order valence-electron chi connectivity index (χ2n) is 6.22. The summed E-state index contributed by atoms with van der Waals surface area (Å²) in [5.74, 6) is 3.25. The monoisotopic (exact) mass is 447 g/mol. The molecule has 0 aliphatic carbocycles. The van der Waals surface area contributed by atoms with Crippen LogP contribution < -0.4 is 20.1 Å². The highest BCUT2D eigenvalue weighted by molar-refractivity contribution is 14.0. The number of benzene rings is 1. The van der Waals surface area contributed by atoms with Crippen LogP contribution in [0, 0.1) is 5.92 Å². The lowest BCUT2D eigenvalue weighted by Crippen LogP contribution is -2.37. The number of halogens is 1. The zero-order chi connectivity index (χ0) is 16.5. The second-order valence-corrected chi connectivity index (χ2v) is 6.22. The third-order valence-electron chi connectivity index (χ3n) is 3.75. The van der Waals surface area contributed by atoms with Crippen molar-refractivity contribution < 1.29 is 9.47 Å². The van der Waals surface area contributed by atoms with Gasteiger partial charge in [0.2, 0.25) is 0 Å². The summed E-state index contributed by atoms with van der Waals surface area (Å²) in [6, 6.07) is 6.09. The summed E-state index contributed by atoms with van der Waals surface area (Å²) >= 11 is 0. The molecule has 1 aromatic carbocycles. The second kappa shape index (κ2) is 11.4. The Kier molecular flexibility index (Phi) is 9.90. The molecule has 24 heavy (non-hydrogen) atoms. The Labute approximate surface area is 162 Å². The number of ether oxygens (including phenoxy) is 2. The molecule has 6 heteroatoms. The van der Waals surface area contributed by atoms with Crippen molar-refractivity contribution in [2.75, 3.05) is 26.8 Å². The van der Waals surface area contributed by atoms with Crippen molar-refractivity contribution in [1.82, 2.24) is 10.6 Å². The Morgan fingerprint density at radius 3 is 2.62 bits per heavy atom. The molecule has 0 atom stereocenters. The van der Waals surface area contributed by atoms with Gasteiger partial charge < -0.3 is 20.1 Å². The minimum atomic E-state index is 0. The van der Waals surface area contributed by atoms with E-state index in [-0.39, 0.29) is 24.0 Å². The third kappa shape index (κ3) is 7.15. The molecule has 136 valence electrons. The van der Waals surface area contributed by atoms with Crippen LogP contribution in [0.2, 0.25) is 0 Å². The molecule has 1 aliphatic rings. The van der Waals surface area contributed by atoms with Gasteiger partial charge in [0.05, 0.1) is 13.2 Å². The van der Waals surface area contributed by atoms with Gasteiger partial charge in [-0.2, -0.15) is 0 Å². The summed E-state index contributed by atoms with van der Waals surface area (Å²) in [6.07, 6.45) is 3.31. The zero-order valence-corrected chi connectivity index (χ0v) is 17.3. The van der Waals surface area contributed by atoms with E-state index in [1.807, 2.05) is 12.1 Å². The highest BCUT2D eigenvalue weighted by Gasteiger charge is 2.10. The molecule has 0 spiro atoms. The quantitative estimate of drug-likeness (QED) is 0.303. The molecule has 0 radical (unpaired) electrons. The topological polar surface area (TPSA) is 54.9 Å². The van der Waals surface area contributed by atoms with Gasteiger partial charge >= 0.3 is 0 Å². The van der Waals surface area contributed by atoms with Gasteiger partial charge in [-0.15, -0.1) is 24.0 Å². The van der Waals surface area contributed by atoms with E-state index in [0.717, 1.165) is 54.9 Å². The molecule has 2 rings (SSSR count). The Morgan fingerprint density at radius 2 is 1.92 bits per heavy atom. The molecule has 0 unspecified atom stereocenters. The Balaban J connectivity index is 0.00000288. The maximum atomic E-state index is 5.73. The molecule has 0 fully saturated rings. The lowest BCUT2D eigenvalue weighted by Gasteiger charge is -2.14. The molecule has 5 nitrogen and oxygen atoms in total. The van der Waals surface area contributed by atoms with Crippen molar-refractivity contribution in [2.45, 2.75) is 39.7 Å². The lowest BCUT2D eigenvalue weighted by molar-refractivity contribution is 0.297. The van der Waals surface area contributed by atoms with Crippen LogP contribution in [0.1, 0.15) is 38.7 Å². The fraction of sp³-hybridized carbons (Fsp3) is 0.611. The van der Waals surface area contributed by atoms with Gasteiger partial charge in [-0.3, -0.25) is 4.99 Å². The van der Waals surface area contributed by atoms with Crippen LogP contribution >= 0.6 is 24.0 Å². The molecule has 0 saturated carbocycles. The van der Waals surface area contributed by atoms with E-state index >= 15 is 0 Å². The number of fused-ring (bicyclic) bond motifs is 1. The van der Waals surface area contributed by atoms with Crippen LogP contribution in [0.25, 0.3) is 0 Å². The third-order valence-corrected chi connectivity index (χ3v) is 3.75. The van der Waals surface area contributed by atoms with Crippen LogP contribution in [0.15, 0.2) is 23.2 Å². The first-order chi connectivity index (χ1) is 11.2. The van der Waals surface area contributed by atoms with Gasteiger partial charge in [-0.1, -0.05) is 19.9 Å². The zero-order valence-electron chi connectivity index (χ0n) is 14.9. The predicted octanol–water partition coefficient (Wildman–Crippen LogP) is 3.57. The molecule has 2 N–H and O–H groups in total. The van der Waals surface area contributed by atoms with Crippen LogP contribution in [0.4, 0.5) is 0 Å². The number of guanidine groups is 1. The number of hydrogen-bond donors (Lipinski definition) is 2. The number of rotatable bonds is 6. The molecule has 1 aliphatic heterocycles. The first kappa shape index (κ1) is 20.9. The van der Waals surface area contributed by atoms with Crippen LogP contribution in [-0.2, 0) is 6.54 Å². The predicted molar refractivity (Wildman–Crippen MR) is 110 cm³/mol. The van der Waals surface area contributed by atoms with Crippen molar-refractivity contribution in [2.24, 2.45) is 10.9 Å². The minimum Gasteiger partial charge on any atom is -0.490 e. The summed E-state index contributed by atoms with van der Waals surface area (Å²) in [5, 5.41) is 6.69. The highest BCUT2D eigenvalue weighted by atomic mass is 127. The summed E-state index contributed by atoms with van der Waals surface area (Å²) < 4.78 is 11.4. The first-order valence-corrected chi connectivity index (χ1v) is 8.52. The van der Waals surface area contributed by atoms with Gasteiger partial charge in [0, 0.05) is 26.6 Å². The molecule has 0 amide bonds. The van der Waals surface area contributed by atoms with Crippen molar-refractivity contribution >= 4 is 29.9 Å². The van der Waals surface area contributed by atoms with E-state index in [9.17, 15) is 0 Å². The summed E-state index contributed by atoms with van der Waals surface area (Å²) in [7, 11) is 1.80. The Hall–Kier alpha value is -1.18. The van der Waals surface area contributed by atoms with E-state index in [1.165, 1.54) is 6.42 Å². The lowest BCUT2D eigenvalue weighted by atomic mass is 10.1. The van der Waals surface area contributed by atoms with Gasteiger partial charge in [-0.05, 0) is 36.5 Å². The fourth-order valence-electron chi connectivity index (χ4n) is 2.44. The van der Waals surface area contributed by atoms with Crippen molar-refractivity contribution in [3.8, 4) is 11.5 Å². The average Bonchev–Trinajstić information content (AvgIpc) is 2.78. The van der Waals surface area contributed by atoms with E-state index in [1.54, 1.807) is 7.05 Å². The van der Waals surface area contributed by atoms with Crippen LogP contribution in [0.5, 0.6) is 11.5 Å². The van der Waals surface area contributed by atoms with Crippen molar-refractivity contribution in [3.05, 3.63) is 23.8 Å². The largest absolute Gasteiger partial charge is 0.490 e. The molecule has 0 aromatic heterocycles. The number of nitrogens with zero attached hydrogens (tertiary/aromatic N) is 1. The summed E-state index contributed by atoms with van der Waals surface area (Å²) in [5.41, 5.74) is 1.15. The Morgan fingerprint density at radius 1 is 1.17 bits per heavy atom. The van der Waals surface area contributed by atoms with Crippen LogP contribution in [-0.4, -0.2) is 32.8 Å². The molecule has 1 aromatic rings.